The fourth-order valence-electron chi connectivity index (χ4n) is 5.70. The van der Waals surface area contributed by atoms with Gasteiger partial charge in [-0.25, -0.2) is 4.98 Å². The minimum Gasteiger partial charge on any atom is -0.336 e. The third-order valence-electron chi connectivity index (χ3n) is 7.51. The number of anilines is 1. The molecule has 2 aromatic carbocycles. The van der Waals surface area contributed by atoms with E-state index in [1.807, 2.05) is 69.9 Å². The third kappa shape index (κ3) is 5.68. The SMILES string of the molecule is CC(=O)N1CCC2CCCC(CN(C(=O)Cc3ccccc3)Cc3ccccc31)N2Cc1nccs1. The van der Waals surface area contributed by atoms with Crippen molar-refractivity contribution in [2.75, 3.05) is 18.0 Å². The number of rotatable bonds is 4. The minimum atomic E-state index is 0.0442. The number of fused-ring (bicyclic) bond motifs is 3. The highest BCUT2D eigenvalue weighted by Crippen LogP contribution is 2.32. The van der Waals surface area contributed by atoms with E-state index in [4.69, 9.17) is 0 Å². The van der Waals surface area contributed by atoms with Gasteiger partial charge in [-0.2, -0.15) is 0 Å². The summed E-state index contributed by atoms with van der Waals surface area (Å²) in [6.45, 7) is 4.29. The van der Waals surface area contributed by atoms with Crippen molar-refractivity contribution >= 4 is 28.8 Å². The van der Waals surface area contributed by atoms with E-state index in [0.717, 1.165) is 54.0 Å². The van der Waals surface area contributed by atoms with Crippen LogP contribution in [0.2, 0.25) is 0 Å². The molecule has 188 valence electrons. The summed E-state index contributed by atoms with van der Waals surface area (Å²) < 4.78 is 0. The van der Waals surface area contributed by atoms with Gasteiger partial charge in [0.05, 0.1) is 13.0 Å². The average Bonchev–Trinajstić information content (AvgIpc) is 3.39. The lowest BCUT2D eigenvalue weighted by molar-refractivity contribution is -0.132. The fourth-order valence-corrected chi connectivity index (χ4v) is 6.33. The van der Waals surface area contributed by atoms with Crippen LogP contribution < -0.4 is 4.90 Å². The second-order valence-electron chi connectivity index (χ2n) is 9.86. The highest BCUT2D eigenvalue weighted by molar-refractivity contribution is 7.09. The van der Waals surface area contributed by atoms with Gasteiger partial charge in [-0.05, 0) is 36.5 Å². The third-order valence-corrected chi connectivity index (χ3v) is 8.27. The first-order valence-electron chi connectivity index (χ1n) is 12.9. The molecule has 2 amide bonds. The van der Waals surface area contributed by atoms with Gasteiger partial charge in [0, 0.05) is 55.9 Å². The van der Waals surface area contributed by atoms with Gasteiger partial charge in [0.25, 0.3) is 0 Å². The van der Waals surface area contributed by atoms with Crippen LogP contribution >= 0.6 is 11.3 Å². The van der Waals surface area contributed by atoms with E-state index in [-0.39, 0.29) is 17.9 Å². The Labute approximate surface area is 217 Å². The van der Waals surface area contributed by atoms with Crippen molar-refractivity contribution in [3.8, 4) is 0 Å². The Morgan fingerprint density at radius 2 is 1.78 bits per heavy atom. The van der Waals surface area contributed by atoms with Gasteiger partial charge in [-0.1, -0.05) is 55.0 Å². The molecule has 2 unspecified atom stereocenters. The Morgan fingerprint density at radius 1 is 1.00 bits per heavy atom. The van der Waals surface area contributed by atoms with Crippen molar-refractivity contribution in [1.29, 1.82) is 0 Å². The molecule has 2 aliphatic heterocycles. The number of nitrogens with zero attached hydrogens (tertiary/aromatic N) is 4. The maximum Gasteiger partial charge on any atom is 0.227 e. The van der Waals surface area contributed by atoms with Gasteiger partial charge in [0.2, 0.25) is 11.8 Å². The summed E-state index contributed by atoms with van der Waals surface area (Å²) in [5, 5.41) is 3.14. The molecule has 0 saturated carbocycles. The first-order valence-corrected chi connectivity index (χ1v) is 13.8. The minimum absolute atomic E-state index is 0.0442. The van der Waals surface area contributed by atoms with E-state index in [1.165, 1.54) is 0 Å². The smallest absolute Gasteiger partial charge is 0.227 e. The van der Waals surface area contributed by atoms with Gasteiger partial charge in [-0.3, -0.25) is 14.5 Å². The largest absolute Gasteiger partial charge is 0.336 e. The van der Waals surface area contributed by atoms with Crippen LogP contribution in [0.3, 0.4) is 0 Å². The Hall–Kier alpha value is -3.03. The second-order valence-corrected chi connectivity index (χ2v) is 10.8. The predicted octanol–water partition coefficient (Wildman–Crippen LogP) is 4.89. The van der Waals surface area contributed by atoms with Crippen LogP contribution in [0.4, 0.5) is 5.69 Å². The number of piperidine rings is 1. The van der Waals surface area contributed by atoms with Crippen molar-refractivity contribution in [3.05, 3.63) is 82.3 Å². The number of hydrogen-bond acceptors (Lipinski definition) is 5. The lowest BCUT2D eigenvalue weighted by Gasteiger charge is -2.43. The monoisotopic (exact) mass is 502 g/mol. The van der Waals surface area contributed by atoms with Crippen molar-refractivity contribution in [1.82, 2.24) is 14.8 Å². The molecule has 0 radical (unpaired) electrons. The zero-order valence-electron chi connectivity index (χ0n) is 20.9. The molecule has 3 heterocycles. The van der Waals surface area contributed by atoms with Crippen molar-refractivity contribution in [3.63, 3.8) is 0 Å². The number of carbonyl (C=O) groups excluding carboxylic acids is 2. The first kappa shape index (κ1) is 24.7. The zero-order chi connectivity index (χ0) is 24.9. The number of benzene rings is 2. The van der Waals surface area contributed by atoms with Crippen molar-refractivity contribution in [2.45, 2.75) is 64.2 Å². The molecule has 0 N–H and O–H groups in total. The molecular formula is C29H34N4O2S. The summed E-state index contributed by atoms with van der Waals surface area (Å²) in [4.78, 5) is 37.6. The van der Waals surface area contributed by atoms with Crippen LogP contribution in [0.25, 0.3) is 0 Å². The Kier molecular flexibility index (Phi) is 7.78. The molecule has 1 aromatic heterocycles. The van der Waals surface area contributed by atoms with E-state index < -0.39 is 0 Å². The van der Waals surface area contributed by atoms with Gasteiger partial charge < -0.3 is 9.80 Å². The molecule has 7 heteroatoms. The first-order chi connectivity index (χ1) is 17.6. The zero-order valence-corrected chi connectivity index (χ0v) is 21.7. The van der Waals surface area contributed by atoms with Crippen LogP contribution in [0, 0.1) is 0 Å². The van der Waals surface area contributed by atoms with Crippen molar-refractivity contribution < 1.29 is 9.59 Å². The summed E-state index contributed by atoms with van der Waals surface area (Å²) in [6, 6.07) is 18.7. The Balaban J connectivity index is 1.51. The number of amides is 2. The standard InChI is InChI=1S/C29H34N4O2S/c1-22(34)32-16-14-25-11-7-12-26(33(25)21-28-30-15-17-36-28)20-31(19-24-10-5-6-13-27(24)32)29(35)18-23-8-3-2-4-9-23/h2-6,8-10,13,15,17,25-26H,7,11-12,14,16,18-21H2,1H3. The van der Waals surface area contributed by atoms with Gasteiger partial charge >= 0.3 is 0 Å². The Bertz CT molecular complexity index is 1170. The van der Waals surface area contributed by atoms with E-state index in [9.17, 15) is 9.59 Å². The van der Waals surface area contributed by atoms with Gasteiger partial charge in [0.15, 0.2) is 0 Å². The molecule has 0 spiro atoms. The number of thiazole rings is 1. The van der Waals surface area contributed by atoms with Crippen LogP contribution in [0.15, 0.2) is 66.2 Å². The van der Waals surface area contributed by atoms with Crippen molar-refractivity contribution in [2.24, 2.45) is 0 Å². The molecule has 2 bridgehead atoms. The normalized spacial score (nSPS) is 20.9. The molecule has 1 saturated heterocycles. The van der Waals surface area contributed by atoms with Crippen LogP contribution in [0.5, 0.6) is 0 Å². The molecule has 1 fully saturated rings. The topological polar surface area (TPSA) is 56.8 Å². The summed E-state index contributed by atoms with van der Waals surface area (Å²) in [5.41, 5.74) is 2.97. The lowest BCUT2D eigenvalue weighted by Crippen LogP contribution is -2.52. The fraction of sp³-hybridized carbons (Fsp3) is 0.414. The lowest BCUT2D eigenvalue weighted by atomic mass is 9.92. The summed E-state index contributed by atoms with van der Waals surface area (Å²) in [7, 11) is 0. The number of para-hydroxylation sites is 1. The summed E-state index contributed by atoms with van der Waals surface area (Å²) >= 11 is 1.69. The van der Waals surface area contributed by atoms with Gasteiger partial charge in [0.1, 0.15) is 5.01 Å². The molecular weight excluding hydrogens is 468 g/mol. The predicted molar refractivity (Wildman–Crippen MR) is 144 cm³/mol. The number of carbonyl (C=O) groups is 2. The average molecular weight is 503 g/mol. The summed E-state index contributed by atoms with van der Waals surface area (Å²) in [6.07, 6.45) is 6.46. The molecule has 6 nitrogen and oxygen atoms in total. The van der Waals surface area contributed by atoms with Gasteiger partial charge in [-0.15, -0.1) is 11.3 Å². The maximum absolute atomic E-state index is 13.7. The second kappa shape index (κ2) is 11.4. The van der Waals surface area contributed by atoms with E-state index in [1.54, 1.807) is 18.3 Å². The van der Waals surface area contributed by atoms with Crippen LogP contribution in [0.1, 0.15) is 48.7 Å². The molecule has 36 heavy (non-hydrogen) atoms. The van der Waals surface area contributed by atoms with E-state index in [0.29, 0.717) is 32.1 Å². The molecule has 5 rings (SSSR count). The highest BCUT2D eigenvalue weighted by Gasteiger charge is 2.35. The number of hydrogen-bond donors (Lipinski definition) is 0. The molecule has 2 atom stereocenters. The molecule has 2 aliphatic rings. The highest BCUT2D eigenvalue weighted by atomic mass is 32.1. The van der Waals surface area contributed by atoms with Crippen LogP contribution in [-0.4, -0.2) is 51.8 Å². The van der Waals surface area contributed by atoms with Crippen LogP contribution in [-0.2, 0) is 29.1 Å². The quantitative estimate of drug-likeness (QED) is 0.510. The summed E-state index contributed by atoms with van der Waals surface area (Å²) in [5.74, 6) is 0.170. The van der Waals surface area contributed by atoms with E-state index in [2.05, 4.69) is 16.0 Å². The number of aromatic nitrogens is 1. The molecule has 0 aliphatic carbocycles. The molecule has 3 aromatic rings. The maximum atomic E-state index is 13.7. The Morgan fingerprint density at radius 3 is 2.56 bits per heavy atom. The van der Waals surface area contributed by atoms with E-state index >= 15 is 0 Å².